The number of anilines is 2. The second kappa shape index (κ2) is 5.04. The summed E-state index contributed by atoms with van der Waals surface area (Å²) in [6.45, 7) is 0. The molecule has 0 unspecified atom stereocenters. The monoisotopic (exact) mass is 290 g/mol. The number of aromatic nitrogens is 3. The number of nitrogens with one attached hydrogen (secondary N) is 1. The standard InChI is InChI=1S/C17H11FN4/c18-16-11-5-3-9-19-14(11)7-8-15(16)22-17-12-4-1-2-6-13(12)20-10-21-17/h1-10H,(H,20,21,22). The molecule has 0 amide bonds. The van der Waals surface area contributed by atoms with Gasteiger partial charge in [0.25, 0.3) is 0 Å². The van der Waals surface area contributed by atoms with Gasteiger partial charge in [-0.1, -0.05) is 12.1 Å². The average molecular weight is 290 g/mol. The van der Waals surface area contributed by atoms with E-state index in [1.165, 1.54) is 6.33 Å². The van der Waals surface area contributed by atoms with Crippen LogP contribution in [0.5, 0.6) is 0 Å². The zero-order chi connectivity index (χ0) is 14.9. The van der Waals surface area contributed by atoms with Crippen molar-refractivity contribution in [3.63, 3.8) is 0 Å². The Morgan fingerprint density at radius 3 is 2.55 bits per heavy atom. The van der Waals surface area contributed by atoms with E-state index in [2.05, 4.69) is 20.3 Å². The molecule has 2 aromatic carbocycles. The lowest BCUT2D eigenvalue weighted by Gasteiger charge is -2.10. The molecule has 0 saturated carbocycles. The fourth-order valence-corrected chi connectivity index (χ4v) is 2.44. The van der Waals surface area contributed by atoms with Gasteiger partial charge >= 0.3 is 0 Å². The number of para-hydroxylation sites is 1. The van der Waals surface area contributed by atoms with Gasteiger partial charge < -0.3 is 5.32 Å². The van der Waals surface area contributed by atoms with Crippen molar-refractivity contribution in [1.82, 2.24) is 15.0 Å². The maximum atomic E-state index is 14.6. The minimum Gasteiger partial charge on any atom is -0.337 e. The van der Waals surface area contributed by atoms with E-state index in [1.807, 2.05) is 24.3 Å². The molecule has 0 spiro atoms. The molecule has 0 aliphatic rings. The highest BCUT2D eigenvalue weighted by molar-refractivity contribution is 5.92. The smallest absolute Gasteiger partial charge is 0.156 e. The quantitative estimate of drug-likeness (QED) is 0.605. The molecule has 2 heterocycles. The van der Waals surface area contributed by atoms with Gasteiger partial charge in [0.05, 0.1) is 16.7 Å². The van der Waals surface area contributed by atoms with Crippen molar-refractivity contribution in [2.75, 3.05) is 5.32 Å². The maximum Gasteiger partial charge on any atom is 0.156 e. The average Bonchev–Trinajstić information content (AvgIpc) is 2.58. The van der Waals surface area contributed by atoms with E-state index in [-0.39, 0.29) is 5.82 Å². The van der Waals surface area contributed by atoms with Gasteiger partial charge in [0.1, 0.15) is 12.1 Å². The zero-order valence-electron chi connectivity index (χ0n) is 11.5. The Labute approximate surface area is 125 Å². The molecule has 0 radical (unpaired) electrons. The third-order valence-electron chi connectivity index (χ3n) is 3.52. The summed E-state index contributed by atoms with van der Waals surface area (Å²) in [7, 11) is 0. The summed E-state index contributed by atoms with van der Waals surface area (Å²) in [5, 5.41) is 4.37. The predicted octanol–water partition coefficient (Wildman–Crippen LogP) is 4.06. The minimum absolute atomic E-state index is 0.340. The van der Waals surface area contributed by atoms with Gasteiger partial charge in [0, 0.05) is 17.0 Å². The van der Waals surface area contributed by atoms with Gasteiger partial charge in [-0.05, 0) is 36.4 Å². The van der Waals surface area contributed by atoms with Gasteiger partial charge in [-0.3, -0.25) is 4.98 Å². The summed E-state index contributed by atoms with van der Waals surface area (Å²) in [4.78, 5) is 12.6. The lowest BCUT2D eigenvalue weighted by molar-refractivity contribution is 0.643. The highest BCUT2D eigenvalue weighted by Crippen LogP contribution is 2.27. The predicted molar refractivity (Wildman–Crippen MR) is 84.5 cm³/mol. The summed E-state index contributed by atoms with van der Waals surface area (Å²) in [6.07, 6.45) is 3.11. The SMILES string of the molecule is Fc1c(Nc2ncnc3ccccc23)ccc2ncccc12. The number of halogens is 1. The van der Waals surface area contributed by atoms with E-state index in [1.54, 1.807) is 30.5 Å². The lowest BCUT2D eigenvalue weighted by Crippen LogP contribution is -1.99. The van der Waals surface area contributed by atoms with E-state index < -0.39 is 0 Å². The van der Waals surface area contributed by atoms with Crippen molar-refractivity contribution < 1.29 is 4.39 Å². The number of fused-ring (bicyclic) bond motifs is 2. The summed E-state index contributed by atoms with van der Waals surface area (Å²) in [6, 6.07) is 14.5. The van der Waals surface area contributed by atoms with Gasteiger partial charge in [-0.2, -0.15) is 0 Å². The molecule has 4 nitrogen and oxygen atoms in total. The highest BCUT2D eigenvalue weighted by Gasteiger charge is 2.10. The first-order chi connectivity index (χ1) is 10.8. The molecule has 5 heteroatoms. The zero-order valence-corrected chi connectivity index (χ0v) is 11.5. The molecule has 0 aliphatic heterocycles. The Morgan fingerprint density at radius 1 is 0.773 bits per heavy atom. The van der Waals surface area contributed by atoms with Crippen molar-refractivity contribution in [3.8, 4) is 0 Å². The molecular formula is C17H11FN4. The number of rotatable bonds is 2. The van der Waals surface area contributed by atoms with Crippen LogP contribution < -0.4 is 5.32 Å². The maximum absolute atomic E-state index is 14.6. The lowest BCUT2D eigenvalue weighted by atomic mass is 10.1. The third-order valence-corrected chi connectivity index (χ3v) is 3.52. The van der Waals surface area contributed by atoms with Crippen LogP contribution in [-0.2, 0) is 0 Å². The fraction of sp³-hybridized carbons (Fsp3) is 0. The largest absolute Gasteiger partial charge is 0.337 e. The number of pyridine rings is 1. The van der Waals surface area contributed by atoms with E-state index >= 15 is 0 Å². The number of benzene rings is 2. The van der Waals surface area contributed by atoms with Crippen molar-refractivity contribution in [2.45, 2.75) is 0 Å². The molecule has 22 heavy (non-hydrogen) atoms. The normalized spacial score (nSPS) is 11.0. The molecule has 106 valence electrons. The van der Waals surface area contributed by atoms with Crippen LogP contribution in [0.15, 0.2) is 61.1 Å². The molecule has 4 aromatic rings. The van der Waals surface area contributed by atoms with Crippen LogP contribution in [-0.4, -0.2) is 15.0 Å². The van der Waals surface area contributed by atoms with Gasteiger partial charge in [-0.15, -0.1) is 0 Å². The van der Waals surface area contributed by atoms with Crippen LogP contribution in [0.3, 0.4) is 0 Å². The van der Waals surface area contributed by atoms with E-state index in [9.17, 15) is 4.39 Å². The van der Waals surface area contributed by atoms with Crippen LogP contribution in [0.1, 0.15) is 0 Å². The highest BCUT2D eigenvalue weighted by atomic mass is 19.1. The first-order valence-corrected chi connectivity index (χ1v) is 6.83. The molecule has 1 N–H and O–H groups in total. The molecule has 0 bridgehead atoms. The van der Waals surface area contributed by atoms with Crippen LogP contribution in [0.4, 0.5) is 15.9 Å². The number of hydrogen-bond donors (Lipinski definition) is 1. The molecule has 4 rings (SSSR count). The molecule has 2 aromatic heterocycles. The van der Waals surface area contributed by atoms with Crippen molar-refractivity contribution in [2.24, 2.45) is 0 Å². The molecular weight excluding hydrogens is 279 g/mol. The Kier molecular flexibility index (Phi) is 2.89. The summed E-state index contributed by atoms with van der Waals surface area (Å²) < 4.78 is 14.6. The van der Waals surface area contributed by atoms with Gasteiger partial charge in [0.2, 0.25) is 0 Å². The van der Waals surface area contributed by atoms with Gasteiger partial charge in [0.15, 0.2) is 5.82 Å². The second-order valence-corrected chi connectivity index (χ2v) is 4.86. The van der Waals surface area contributed by atoms with E-state index in [4.69, 9.17) is 0 Å². The van der Waals surface area contributed by atoms with Crippen molar-refractivity contribution >= 4 is 33.3 Å². The number of nitrogens with zero attached hydrogens (tertiary/aromatic N) is 3. The van der Waals surface area contributed by atoms with Gasteiger partial charge in [-0.25, -0.2) is 14.4 Å². The first-order valence-electron chi connectivity index (χ1n) is 6.83. The summed E-state index contributed by atoms with van der Waals surface area (Å²) in [5.41, 5.74) is 1.80. The first kappa shape index (κ1) is 12.6. The Morgan fingerprint density at radius 2 is 1.59 bits per heavy atom. The van der Waals surface area contributed by atoms with Crippen molar-refractivity contribution in [1.29, 1.82) is 0 Å². The van der Waals surface area contributed by atoms with Crippen molar-refractivity contribution in [3.05, 3.63) is 66.9 Å². The summed E-state index contributed by atoms with van der Waals surface area (Å²) in [5.74, 6) is 0.237. The van der Waals surface area contributed by atoms with E-state index in [0.717, 1.165) is 10.9 Å². The Bertz CT molecular complexity index is 979. The van der Waals surface area contributed by atoms with Crippen LogP contribution in [0.2, 0.25) is 0 Å². The molecule has 0 aliphatic carbocycles. The topological polar surface area (TPSA) is 50.7 Å². The minimum atomic E-state index is -0.340. The Hall–Kier alpha value is -3.08. The molecule has 0 fully saturated rings. The van der Waals surface area contributed by atoms with Crippen LogP contribution in [0, 0.1) is 5.82 Å². The Balaban J connectivity index is 1.84. The molecule has 0 saturated heterocycles. The third kappa shape index (κ3) is 2.03. The van der Waals surface area contributed by atoms with E-state index in [0.29, 0.717) is 22.4 Å². The number of hydrogen-bond acceptors (Lipinski definition) is 4. The van der Waals surface area contributed by atoms with Crippen LogP contribution >= 0.6 is 0 Å². The fourth-order valence-electron chi connectivity index (χ4n) is 2.44. The second-order valence-electron chi connectivity index (χ2n) is 4.86. The molecule has 0 atom stereocenters. The van der Waals surface area contributed by atoms with Crippen LogP contribution in [0.25, 0.3) is 21.8 Å². The summed E-state index contributed by atoms with van der Waals surface area (Å²) >= 11 is 0.